The van der Waals surface area contributed by atoms with Crippen LogP contribution < -0.4 is 0 Å². The summed E-state index contributed by atoms with van der Waals surface area (Å²) in [5.41, 5.74) is -0.141. The molecular formula is C10H16F3N. The number of alkyl halides is 3. The van der Waals surface area contributed by atoms with Gasteiger partial charge in [0.15, 0.2) is 0 Å². The van der Waals surface area contributed by atoms with Crippen LogP contribution in [0.2, 0.25) is 0 Å². The molecule has 0 aromatic heterocycles. The van der Waals surface area contributed by atoms with Crippen molar-refractivity contribution in [3.05, 3.63) is 11.8 Å². The van der Waals surface area contributed by atoms with Crippen molar-refractivity contribution in [2.45, 2.75) is 40.8 Å². The van der Waals surface area contributed by atoms with Crippen LogP contribution in [0, 0.1) is 5.41 Å². The molecule has 0 aliphatic rings. The molecule has 0 atom stereocenters. The summed E-state index contributed by atoms with van der Waals surface area (Å²) in [6, 6.07) is 0. The molecule has 0 N–H and O–H groups in total. The van der Waals surface area contributed by atoms with Gasteiger partial charge in [-0.3, -0.25) is 4.99 Å². The Balaban J connectivity index is 4.73. The third-order valence-electron chi connectivity index (χ3n) is 2.05. The molecule has 0 bridgehead atoms. The van der Waals surface area contributed by atoms with Gasteiger partial charge in [0, 0.05) is 6.20 Å². The quantitative estimate of drug-likeness (QED) is 0.577. The zero-order valence-electron chi connectivity index (χ0n) is 9.16. The smallest absolute Gasteiger partial charge is 0.257 e. The number of aliphatic imine (C=N–C) groups is 1. The number of hydrogen-bond acceptors (Lipinski definition) is 1. The Morgan fingerprint density at radius 3 is 1.79 bits per heavy atom. The van der Waals surface area contributed by atoms with Crippen LogP contribution >= 0.6 is 0 Å². The molecule has 0 aliphatic heterocycles. The van der Waals surface area contributed by atoms with Crippen LogP contribution in [-0.2, 0) is 0 Å². The zero-order chi connectivity index (χ0) is 11.6. The van der Waals surface area contributed by atoms with Crippen molar-refractivity contribution in [1.29, 1.82) is 0 Å². The number of nitrogens with zero attached hydrogens (tertiary/aromatic N) is 1. The first-order valence-electron chi connectivity index (χ1n) is 4.34. The Bertz CT molecular complexity index is 226. The van der Waals surface area contributed by atoms with Gasteiger partial charge in [-0.15, -0.1) is 0 Å². The molecule has 0 aromatic carbocycles. The van der Waals surface area contributed by atoms with E-state index >= 15 is 0 Å². The molecule has 0 fully saturated rings. The summed E-state index contributed by atoms with van der Waals surface area (Å²) in [5.74, 6) is 0. The highest BCUT2D eigenvalue weighted by Gasteiger charge is 2.31. The summed E-state index contributed by atoms with van der Waals surface area (Å²) in [7, 11) is 0. The number of hydrogen-bond donors (Lipinski definition) is 0. The van der Waals surface area contributed by atoms with Crippen LogP contribution in [0.3, 0.4) is 0 Å². The summed E-state index contributed by atoms with van der Waals surface area (Å²) in [6.07, 6.45) is -3.04. The average Bonchev–Trinajstić information content (AvgIpc) is 1.95. The van der Waals surface area contributed by atoms with E-state index in [0.29, 0.717) is 0 Å². The van der Waals surface area contributed by atoms with E-state index in [9.17, 15) is 13.2 Å². The van der Waals surface area contributed by atoms with E-state index in [1.54, 1.807) is 6.92 Å². The fourth-order valence-electron chi connectivity index (χ4n) is 0.460. The van der Waals surface area contributed by atoms with Crippen LogP contribution in [0.5, 0.6) is 0 Å². The maximum atomic E-state index is 12.0. The minimum Gasteiger partial charge on any atom is -0.257 e. The molecule has 0 aliphatic carbocycles. The van der Waals surface area contributed by atoms with Crippen molar-refractivity contribution in [3.8, 4) is 0 Å². The maximum absolute atomic E-state index is 12.0. The first-order valence-corrected chi connectivity index (χ1v) is 4.34. The maximum Gasteiger partial charge on any atom is 0.429 e. The molecule has 0 radical (unpaired) electrons. The second-order valence-corrected chi connectivity index (χ2v) is 4.27. The minimum absolute atomic E-state index is 0.143. The van der Waals surface area contributed by atoms with Crippen molar-refractivity contribution in [3.63, 3.8) is 0 Å². The van der Waals surface area contributed by atoms with Crippen LogP contribution in [-0.4, -0.2) is 11.9 Å². The SMILES string of the molecule is CC(=N/C=C(\C)C(C)(C)C)C(F)(F)F. The predicted molar refractivity (Wildman–Crippen MR) is 52.4 cm³/mol. The standard InChI is InChI=1S/C10H16F3N/c1-7(9(3,4)5)6-14-8(2)10(11,12)13/h6H,1-5H3/b7-6+,14-8?. The third-order valence-corrected chi connectivity index (χ3v) is 2.05. The van der Waals surface area contributed by atoms with Crippen LogP contribution in [0.15, 0.2) is 16.8 Å². The van der Waals surface area contributed by atoms with Gasteiger partial charge in [0.05, 0.1) is 0 Å². The fourth-order valence-corrected chi connectivity index (χ4v) is 0.460. The predicted octanol–water partition coefficient (Wildman–Crippen LogP) is 3.96. The van der Waals surface area contributed by atoms with E-state index < -0.39 is 11.9 Å². The summed E-state index contributed by atoms with van der Waals surface area (Å²) in [5, 5.41) is 0. The zero-order valence-corrected chi connectivity index (χ0v) is 9.16. The highest BCUT2D eigenvalue weighted by atomic mass is 19.4. The topological polar surface area (TPSA) is 12.4 Å². The van der Waals surface area contributed by atoms with Gasteiger partial charge in [0.1, 0.15) is 5.71 Å². The van der Waals surface area contributed by atoms with Gasteiger partial charge >= 0.3 is 6.18 Å². The third kappa shape index (κ3) is 4.44. The molecule has 0 aromatic rings. The first kappa shape index (κ1) is 13.2. The van der Waals surface area contributed by atoms with Crippen LogP contribution in [0.1, 0.15) is 34.6 Å². The molecule has 14 heavy (non-hydrogen) atoms. The molecule has 1 nitrogen and oxygen atoms in total. The van der Waals surface area contributed by atoms with Gasteiger partial charge < -0.3 is 0 Å². The average molecular weight is 207 g/mol. The van der Waals surface area contributed by atoms with Gasteiger partial charge in [0.2, 0.25) is 0 Å². The summed E-state index contributed by atoms with van der Waals surface area (Å²) in [4.78, 5) is 3.39. The number of halogens is 3. The molecule has 82 valence electrons. The highest BCUT2D eigenvalue weighted by molar-refractivity contribution is 5.87. The Morgan fingerprint density at radius 1 is 1.07 bits per heavy atom. The second-order valence-electron chi connectivity index (χ2n) is 4.27. The first-order chi connectivity index (χ1) is 6.05. The Hall–Kier alpha value is -0.800. The number of allylic oxidation sites excluding steroid dienone is 1. The fraction of sp³-hybridized carbons (Fsp3) is 0.700. The molecule has 0 saturated carbocycles. The minimum atomic E-state index is -4.32. The lowest BCUT2D eigenvalue weighted by molar-refractivity contribution is -0.0591. The lowest BCUT2D eigenvalue weighted by atomic mass is 9.88. The molecular weight excluding hydrogens is 191 g/mol. The van der Waals surface area contributed by atoms with Gasteiger partial charge in [0.25, 0.3) is 0 Å². The summed E-state index contributed by atoms with van der Waals surface area (Å²) in [6.45, 7) is 8.52. The molecule has 4 heteroatoms. The van der Waals surface area contributed by atoms with Crippen molar-refractivity contribution >= 4 is 5.71 Å². The van der Waals surface area contributed by atoms with E-state index in [1.807, 2.05) is 20.8 Å². The van der Waals surface area contributed by atoms with Crippen molar-refractivity contribution in [2.24, 2.45) is 10.4 Å². The number of rotatable bonds is 1. The van der Waals surface area contributed by atoms with Crippen molar-refractivity contribution in [2.75, 3.05) is 0 Å². The Labute approximate surface area is 82.7 Å². The van der Waals surface area contributed by atoms with Gasteiger partial charge in [-0.2, -0.15) is 13.2 Å². The van der Waals surface area contributed by atoms with E-state index in [4.69, 9.17) is 0 Å². The second kappa shape index (κ2) is 4.15. The molecule has 0 amide bonds. The van der Waals surface area contributed by atoms with Gasteiger partial charge in [-0.1, -0.05) is 20.8 Å². The van der Waals surface area contributed by atoms with E-state index in [-0.39, 0.29) is 5.41 Å². The lowest BCUT2D eigenvalue weighted by Crippen LogP contribution is -2.19. The molecule has 0 heterocycles. The lowest BCUT2D eigenvalue weighted by Gasteiger charge is -2.18. The summed E-state index contributed by atoms with van der Waals surface area (Å²) < 4.78 is 36.1. The van der Waals surface area contributed by atoms with Crippen LogP contribution in [0.25, 0.3) is 0 Å². The molecule has 0 spiro atoms. The highest BCUT2D eigenvalue weighted by Crippen LogP contribution is 2.25. The van der Waals surface area contributed by atoms with Crippen LogP contribution in [0.4, 0.5) is 13.2 Å². The van der Waals surface area contributed by atoms with Gasteiger partial charge in [-0.05, 0) is 24.8 Å². The van der Waals surface area contributed by atoms with E-state index in [0.717, 1.165) is 12.5 Å². The monoisotopic (exact) mass is 207 g/mol. The Morgan fingerprint density at radius 2 is 1.50 bits per heavy atom. The van der Waals surface area contributed by atoms with Crippen molar-refractivity contribution in [1.82, 2.24) is 0 Å². The van der Waals surface area contributed by atoms with Crippen molar-refractivity contribution < 1.29 is 13.2 Å². The van der Waals surface area contributed by atoms with Gasteiger partial charge in [-0.25, -0.2) is 0 Å². The molecule has 0 unspecified atom stereocenters. The largest absolute Gasteiger partial charge is 0.429 e. The molecule has 0 saturated heterocycles. The molecule has 0 rings (SSSR count). The Kier molecular flexibility index (Phi) is 3.91. The normalized spacial score (nSPS) is 16.0. The summed E-state index contributed by atoms with van der Waals surface area (Å²) >= 11 is 0. The van der Waals surface area contributed by atoms with E-state index in [2.05, 4.69) is 4.99 Å². The van der Waals surface area contributed by atoms with E-state index in [1.165, 1.54) is 6.20 Å².